The number of ether oxygens (including phenoxy) is 1. The van der Waals surface area contributed by atoms with Crippen LogP contribution in [0.25, 0.3) is 9.53 Å². The lowest BCUT2D eigenvalue weighted by molar-refractivity contribution is -0.115. The molecule has 2 heterocycles. The highest BCUT2D eigenvalue weighted by atomic mass is 32.1. The maximum absolute atomic E-state index is 12.5. The van der Waals surface area contributed by atoms with Gasteiger partial charge in [-0.25, -0.2) is 4.98 Å². The summed E-state index contributed by atoms with van der Waals surface area (Å²) in [6, 6.07) is 17.0. The number of benzene rings is 2. The van der Waals surface area contributed by atoms with Gasteiger partial charge in [0.2, 0.25) is 5.91 Å². The minimum atomic E-state index is -0.293. The van der Waals surface area contributed by atoms with Crippen molar-refractivity contribution in [2.24, 2.45) is 0 Å². The SMILES string of the molecule is CCc1ccccc1NC(=O)CNC(=O)c1cc2sc(Nc3ccccc3OC)nc2s1. The van der Waals surface area contributed by atoms with E-state index in [1.165, 1.54) is 22.7 Å². The molecule has 0 spiro atoms. The van der Waals surface area contributed by atoms with E-state index in [1.807, 2.05) is 55.5 Å². The number of fused-ring (bicyclic) bond motifs is 1. The van der Waals surface area contributed by atoms with Gasteiger partial charge in [0.1, 0.15) is 10.6 Å². The summed E-state index contributed by atoms with van der Waals surface area (Å²) in [4.78, 5) is 30.6. The minimum absolute atomic E-state index is 0.101. The molecule has 0 fully saturated rings. The van der Waals surface area contributed by atoms with Gasteiger partial charge in [-0.15, -0.1) is 11.3 Å². The second-order valence-corrected chi connectivity index (χ2v) is 8.93. The Kier molecular flexibility index (Phi) is 6.67. The van der Waals surface area contributed by atoms with Gasteiger partial charge in [-0.05, 0) is 36.2 Å². The third-order valence-electron chi connectivity index (χ3n) is 4.74. The molecule has 164 valence electrons. The van der Waals surface area contributed by atoms with E-state index in [4.69, 9.17) is 4.74 Å². The van der Waals surface area contributed by atoms with Crippen LogP contribution in [0, 0.1) is 0 Å². The number of amides is 2. The van der Waals surface area contributed by atoms with E-state index in [9.17, 15) is 9.59 Å². The van der Waals surface area contributed by atoms with Gasteiger partial charge in [-0.3, -0.25) is 9.59 Å². The second kappa shape index (κ2) is 9.80. The van der Waals surface area contributed by atoms with Gasteiger partial charge in [0.15, 0.2) is 5.13 Å². The zero-order valence-electron chi connectivity index (χ0n) is 17.6. The fourth-order valence-electron chi connectivity index (χ4n) is 3.16. The number of thiazole rings is 1. The van der Waals surface area contributed by atoms with Gasteiger partial charge < -0.3 is 20.7 Å². The lowest BCUT2D eigenvalue weighted by Gasteiger charge is -2.10. The molecule has 2 aromatic heterocycles. The van der Waals surface area contributed by atoms with E-state index in [1.54, 1.807) is 13.2 Å². The van der Waals surface area contributed by atoms with Crippen molar-refractivity contribution >= 4 is 60.5 Å². The van der Waals surface area contributed by atoms with Crippen LogP contribution in [-0.4, -0.2) is 30.5 Å². The first-order valence-corrected chi connectivity index (χ1v) is 11.7. The number of para-hydroxylation sites is 3. The number of nitrogens with one attached hydrogen (secondary N) is 3. The first-order valence-electron chi connectivity index (χ1n) is 10.0. The minimum Gasteiger partial charge on any atom is -0.495 e. The Labute approximate surface area is 193 Å². The number of carbonyl (C=O) groups is 2. The summed E-state index contributed by atoms with van der Waals surface area (Å²) in [7, 11) is 1.62. The molecular weight excluding hydrogens is 444 g/mol. The quantitative estimate of drug-likeness (QED) is 0.338. The van der Waals surface area contributed by atoms with Crippen molar-refractivity contribution in [2.45, 2.75) is 13.3 Å². The van der Waals surface area contributed by atoms with Gasteiger partial charge in [0.05, 0.1) is 28.9 Å². The molecule has 9 heteroatoms. The summed E-state index contributed by atoms with van der Waals surface area (Å²) in [5.74, 6) is 0.170. The van der Waals surface area contributed by atoms with Crippen LogP contribution in [0.15, 0.2) is 54.6 Å². The molecule has 4 rings (SSSR count). The highest BCUT2D eigenvalue weighted by Gasteiger charge is 2.16. The fraction of sp³-hybridized carbons (Fsp3) is 0.174. The predicted octanol–water partition coefficient (Wildman–Crippen LogP) is 5.04. The summed E-state index contributed by atoms with van der Waals surface area (Å²) >= 11 is 2.75. The Hall–Kier alpha value is -3.43. The average molecular weight is 467 g/mol. The summed E-state index contributed by atoms with van der Waals surface area (Å²) in [5.41, 5.74) is 2.64. The van der Waals surface area contributed by atoms with Crippen molar-refractivity contribution in [1.82, 2.24) is 10.3 Å². The number of hydrogen-bond donors (Lipinski definition) is 3. The van der Waals surface area contributed by atoms with Crippen LogP contribution in [0.5, 0.6) is 5.75 Å². The molecule has 0 aliphatic heterocycles. The Morgan fingerprint density at radius 2 is 1.78 bits per heavy atom. The maximum atomic E-state index is 12.5. The number of thiophene rings is 1. The van der Waals surface area contributed by atoms with Crippen LogP contribution in [-0.2, 0) is 11.2 Å². The third-order valence-corrected chi connectivity index (χ3v) is 6.82. The Morgan fingerprint density at radius 3 is 2.53 bits per heavy atom. The number of methoxy groups -OCH3 is 1. The summed E-state index contributed by atoms with van der Waals surface area (Å²) in [5, 5.41) is 9.51. The summed E-state index contributed by atoms with van der Waals surface area (Å²) < 4.78 is 6.25. The van der Waals surface area contributed by atoms with Crippen molar-refractivity contribution in [3.8, 4) is 5.75 Å². The zero-order chi connectivity index (χ0) is 22.5. The molecule has 0 unspecified atom stereocenters. The van der Waals surface area contributed by atoms with Gasteiger partial charge in [-0.1, -0.05) is 48.6 Å². The number of carbonyl (C=O) groups excluding carboxylic acids is 2. The van der Waals surface area contributed by atoms with Gasteiger partial charge >= 0.3 is 0 Å². The molecule has 0 aliphatic rings. The molecular formula is C23H22N4O3S2. The molecule has 0 radical (unpaired) electrons. The number of rotatable bonds is 8. The maximum Gasteiger partial charge on any atom is 0.261 e. The molecule has 7 nitrogen and oxygen atoms in total. The van der Waals surface area contributed by atoms with E-state index in [0.717, 1.165) is 43.8 Å². The molecule has 2 amide bonds. The first kappa shape index (κ1) is 21.8. The molecule has 0 atom stereocenters. The van der Waals surface area contributed by atoms with E-state index in [0.29, 0.717) is 4.88 Å². The van der Waals surface area contributed by atoms with Crippen molar-refractivity contribution in [1.29, 1.82) is 0 Å². The van der Waals surface area contributed by atoms with Crippen molar-refractivity contribution in [2.75, 3.05) is 24.3 Å². The van der Waals surface area contributed by atoms with E-state index in [-0.39, 0.29) is 18.4 Å². The van der Waals surface area contributed by atoms with Crippen LogP contribution in [0.1, 0.15) is 22.2 Å². The van der Waals surface area contributed by atoms with Gasteiger partial charge in [0, 0.05) is 5.69 Å². The number of hydrogen-bond acceptors (Lipinski definition) is 7. The molecule has 0 bridgehead atoms. The topological polar surface area (TPSA) is 92.4 Å². The summed E-state index contributed by atoms with van der Waals surface area (Å²) in [6.07, 6.45) is 0.815. The first-order chi connectivity index (χ1) is 15.6. The van der Waals surface area contributed by atoms with E-state index < -0.39 is 0 Å². The molecule has 4 aromatic rings. The van der Waals surface area contributed by atoms with Crippen LogP contribution < -0.4 is 20.7 Å². The summed E-state index contributed by atoms with van der Waals surface area (Å²) in [6.45, 7) is 1.93. The Morgan fingerprint density at radius 1 is 1.03 bits per heavy atom. The molecule has 0 saturated carbocycles. The van der Waals surface area contributed by atoms with Crippen LogP contribution >= 0.6 is 22.7 Å². The highest BCUT2D eigenvalue weighted by Crippen LogP contribution is 2.35. The predicted molar refractivity (Wildman–Crippen MR) is 131 cm³/mol. The number of nitrogens with zero attached hydrogens (tertiary/aromatic N) is 1. The number of aromatic nitrogens is 1. The van der Waals surface area contributed by atoms with Crippen molar-refractivity contribution in [3.05, 3.63) is 65.0 Å². The molecule has 0 aliphatic carbocycles. The van der Waals surface area contributed by atoms with Gasteiger partial charge in [-0.2, -0.15) is 0 Å². The second-order valence-electron chi connectivity index (χ2n) is 6.87. The van der Waals surface area contributed by atoms with Crippen LogP contribution in [0.4, 0.5) is 16.5 Å². The Bertz CT molecular complexity index is 1230. The molecule has 32 heavy (non-hydrogen) atoms. The average Bonchev–Trinajstić information content (AvgIpc) is 3.37. The lowest BCUT2D eigenvalue weighted by Crippen LogP contribution is -2.32. The lowest BCUT2D eigenvalue weighted by atomic mass is 10.1. The fourth-order valence-corrected chi connectivity index (χ4v) is 5.20. The zero-order valence-corrected chi connectivity index (χ0v) is 19.2. The molecule has 0 saturated heterocycles. The Balaban J connectivity index is 1.37. The van der Waals surface area contributed by atoms with E-state index in [2.05, 4.69) is 20.9 Å². The van der Waals surface area contributed by atoms with E-state index >= 15 is 0 Å². The number of anilines is 3. The monoisotopic (exact) mass is 466 g/mol. The smallest absolute Gasteiger partial charge is 0.261 e. The normalized spacial score (nSPS) is 10.7. The standard InChI is InChI=1S/C23H22N4O3S2/c1-3-14-8-4-5-9-15(14)25-20(28)13-24-21(29)18-12-19-22(31-18)27-23(32-19)26-16-10-6-7-11-17(16)30-2/h4-12H,3,13H2,1-2H3,(H,24,29)(H,25,28)(H,26,27). The third kappa shape index (κ3) is 4.90. The van der Waals surface area contributed by atoms with Crippen molar-refractivity contribution in [3.63, 3.8) is 0 Å². The van der Waals surface area contributed by atoms with Crippen LogP contribution in [0.2, 0.25) is 0 Å². The van der Waals surface area contributed by atoms with Gasteiger partial charge in [0.25, 0.3) is 5.91 Å². The molecule has 3 N–H and O–H groups in total. The molecule has 2 aromatic carbocycles. The van der Waals surface area contributed by atoms with Crippen molar-refractivity contribution < 1.29 is 14.3 Å². The van der Waals surface area contributed by atoms with Crippen LogP contribution in [0.3, 0.4) is 0 Å². The highest BCUT2D eigenvalue weighted by molar-refractivity contribution is 7.29. The number of aryl methyl sites for hydroxylation is 1. The largest absolute Gasteiger partial charge is 0.495 e.